The van der Waals surface area contributed by atoms with E-state index >= 15 is 0 Å². The molecule has 0 spiro atoms. The van der Waals surface area contributed by atoms with Crippen molar-refractivity contribution in [2.45, 2.75) is 20.0 Å². The second kappa shape index (κ2) is 11.5. The average Bonchev–Trinajstić information content (AvgIpc) is 2.72. The van der Waals surface area contributed by atoms with Crippen molar-refractivity contribution in [3.05, 3.63) is 60.0 Å². The lowest BCUT2D eigenvalue weighted by atomic mass is 10.1. The van der Waals surface area contributed by atoms with Gasteiger partial charge in [-0.1, -0.05) is 32.1 Å². The van der Waals surface area contributed by atoms with Gasteiger partial charge < -0.3 is 26.0 Å². The number of rotatable bonds is 6. The molecule has 1 aromatic rings. The minimum absolute atomic E-state index is 0.178. The van der Waals surface area contributed by atoms with E-state index in [2.05, 4.69) is 10.6 Å². The molecule has 4 N–H and O–H groups in total. The van der Waals surface area contributed by atoms with Crippen molar-refractivity contribution < 1.29 is 27.9 Å². The van der Waals surface area contributed by atoms with E-state index in [1.807, 2.05) is 13.8 Å². The quantitative estimate of drug-likeness (QED) is 0.556. The number of carboxylic acids is 1. The SMILES string of the molecule is CC.CN/C=C(/c1cccc(NC(=O)NCC(F)(F)F)c1)N1C=CC(C(=O)O)=CC1. The van der Waals surface area contributed by atoms with E-state index in [0.717, 1.165) is 0 Å². The second-order valence-electron chi connectivity index (χ2n) is 5.75. The summed E-state index contributed by atoms with van der Waals surface area (Å²) in [6.07, 6.45) is 1.82. The highest BCUT2D eigenvalue weighted by Gasteiger charge is 2.27. The molecule has 10 heteroatoms. The molecule has 0 radical (unpaired) electrons. The van der Waals surface area contributed by atoms with Crippen LogP contribution in [0.1, 0.15) is 19.4 Å². The van der Waals surface area contributed by atoms with Gasteiger partial charge in [-0.3, -0.25) is 0 Å². The summed E-state index contributed by atoms with van der Waals surface area (Å²) < 4.78 is 36.5. The molecule has 1 heterocycles. The van der Waals surface area contributed by atoms with Crippen LogP contribution in [-0.2, 0) is 4.79 Å². The molecule has 0 atom stereocenters. The van der Waals surface area contributed by atoms with Crippen LogP contribution in [0.2, 0.25) is 0 Å². The van der Waals surface area contributed by atoms with Gasteiger partial charge in [0.25, 0.3) is 0 Å². The number of nitrogens with zero attached hydrogens (tertiary/aromatic N) is 1. The predicted octanol–water partition coefficient (Wildman–Crippen LogP) is 3.75. The minimum atomic E-state index is -4.50. The Labute approximate surface area is 172 Å². The summed E-state index contributed by atoms with van der Waals surface area (Å²) >= 11 is 0. The highest BCUT2D eigenvalue weighted by atomic mass is 19.4. The van der Waals surface area contributed by atoms with Gasteiger partial charge in [0.1, 0.15) is 6.54 Å². The third-order valence-electron chi connectivity index (χ3n) is 3.64. The van der Waals surface area contributed by atoms with Crippen molar-refractivity contribution in [2.24, 2.45) is 0 Å². The fraction of sp³-hybridized carbons (Fsp3) is 0.300. The standard InChI is InChI=1S/C18H19F3N4O3.C2H6/c1-22-10-15(25-7-5-12(6-8-25)16(26)27)13-3-2-4-14(9-13)24-17(28)23-11-18(19,20)21;1-2/h2-7,9-10,22H,8,11H2,1H3,(H,26,27)(H2,23,24,28);1-2H3/b15-10-;. The van der Waals surface area contributed by atoms with Gasteiger partial charge in [-0.05, 0) is 18.2 Å². The smallest absolute Gasteiger partial charge is 0.405 e. The van der Waals surface area contributed by atoms with E-state index in [0.29, 0.717) is 23.5 Å². The number of halogens is 3. The van der Waals surface area contributed by atoms with Crippen LogP contribution in [0.3, 0.4) is 0 Å². The first-order chi connectivity index (χ1) is 14.2. The lowest BCUT2D eigenvalue weighted by Crippen LogP contribution is -2.36. The fourth-order valence-electron chi connectivity index (χ4n) is 2.41. The zero-order valence-electron chi connectivity index (χ0n) is 16.9. The van der Waals surface area contributed by atoms with Gasteiger partial charge in [0.2, 0.25) is 0 Å². The molecular weight excluding hydrogens is 401 g/mol. The molecule has 1 aliphatic rings. The van der Waals surface area contributed by atoms with Gasteiger partial charge in [-0.25, -0.2) is 9.59 Å². The number of hydrogen-bond acceptors (Lipinski definition) is 4. The van der Waals surface area contributed by atoms with Gasteiger partial charge in [0, 0.05) is 37.2 Å². The zero-order chi connectivity index (χ0) is 22.7. The summed E-state index contributed by atoms with van der Waals surface area (Å²) in [5.74, 6) is -1.02. The molecule has 0 bridgehead atoms. The van der Waals surface area contributed by atoms with Crippen molar-refractivity contribution in [3.8, 4) is 0 Å². The molecule has 7 nitrogen and oxygen atoms in total. The Bertz CT molecular complexity index is 833. The Morgan fingerprint density at radius 1 is 1.27 bits per heavy atom. The summed E-state index contributed by atoms with van der Waals surface area (Å²) in [5, 5.41) is 16.0. The maximum atomic E-state index is 12.2. The minimum Gasteiger partial charge on any atom is -0.478 e. The Morgan fingerprint density at radius 2 is 1.97 bits per heavy atom. The topological polar surface area (TPSA) is 93.7 Å². The number of nitrogens with one attached hydrogen (secondary N) is 3. The highest BCUT2D eigenvalue weighted by Crippen LogP contribution is 2.24. The Balaban J connectivity index is 0.00000218. The van der Waals surface area contributed by atoms with E-state index in [1.165, 1.54) is 6.08 Å². The molecule has 0 saturated heterocycles. The predicted molar refractivity (Wildman–Crippen MR) is 109 cm³/mol. The number of carboxylic acid groups (broad SMARTS) is 1. The number of carbonyl (C=O) groups is 2. The van der Waals surface area contributed by atoms with Gasteiger partial charge in [0.05, 0.1) is 11.3 Å². The molecule has 0 fully saturated rings. The van der Waals surface area contributed by atoms with Crippen LogP contribution in [0.25, 0.3) is 5.70 Å². The van der Waals surface area contributed by atoms with Gasteiger partial charge in [-0.2, -0.15) is 13.2 Å². The zero-order valence-corrected chi connectivity index (χ0v) is 16.9. The van der Waals surface area contributed by atoms with E-state index in [1.54, 1.807) is 60.0 Å². The molecule has 0 aliphatic carbocycles. The van der Waals surface area contributed by atoms with E-state index in [-0.39, 0.29) is 5.57 Å². The average molecular weight is 426 g/mol. The normalized spacial score (nSPS) is 13.6. The largest absolute Gasteiger partial charge is 0.478 e. The molecule has 0 aromatic heterocycles. The monoisotopic (exact) mass is 426 g/mol. The van der Waals surface area contributed by atoms with E-state index in [9.17, 15) is 22.8 Å². The fourth-order valence-corrected chi connectivity index (χ4v) is 2.41. The highest BCUT2D eigenvalue weighted by molar-refractivity contribution is 5.91. The maximum absolute atomic E-state index is 12.2. The van der Waals surface area contributed by atoms with Gasteiger partial charge in [-0.15, -0.1) is 0 Å². The van der Waals surface area contributed by atoms with Crippen molar-refractivity contribution in [2.75, 3.05) is 25.5 Å². The number of carbonyl (C=O) groups excluding carboxylic acids is 1. The second-order valence-corrected chi connectivity index (χ2v) is 5.75. The third kappa shape index (κ3) is 7.90. The first-order valence-electron chi connectivity index (χ1n) is 9.17. The molecular formula is C20H25F3N4O3. The Hall–Kier alpha value is -3.43. The molecule has 0 saturated carbocycles. The van der Waals surface area contributed by atoms with Crippen molar-refractivity contribution >= 4 is 23.4 Å². The number of aliphatic carboxylic acids is 1. The Morgan fingerprint density at radius 3 is 2.50 bits per heavy atom. The molecule has 2 amide bonds. The third-order valence-corrected chi connectivity index (χ3v) is 3.64. The number of amides is 2. The summed E-state index contributed by atoms with van der Waals surface area (Å²) in [6, 6.07) is 5.57. The lowest BCUT2D eigenvalue weighted by Gasteiger charge is -2.25. The van der Waals surface area contributed by atoms with Crippen LogP contribution < -0.4 is 16.0 Å². The number of alkyl halides is 3. The lowest BCUT2D eigenvalue weighted by molar-refractivity contribution is -0.132. The Kier molecular flexibility index (Phi) is 9.47. The van der Waals surface area contributed by atoms with Crippen LogP contribution in [0.5, 0.6) is 0 Å². The van der Waals surface area contributed by atoms with E-state index < -0.39 is 24.7 Å². The summed E-state index contributed by atoms with van der Waals surface area (Å²) in [7, 11) is 1.69. The van der Waals surface area contributed by atoms with Crippen LogP contribution in [0.4, 0.5) is 23.7 Å². The van der Waals surface area contributed by atoms with Crippen molar-refractivity contribution in [3.63, 3.8) is 0 Å². The van der Waals surface area contributed by atoms with Crippen LogP contribution >= 0.6 is 0 Å². The number of anilines is 1. The molecule has 1 aromatic carbocycles. The maximum Gasteiger partial charge on any atom is 0.405 e. The molecule has 30 heavy (non-hydrogen) atoms. The number of benzene rings is 1. The first kappa shape index (κ1) is 24.6. The molecule has 0 unspecified atom stereocenters. The van der Waals surface area contributed by atoms with Crippen LogP contribution in [0, 0.1) is 0 Å². The van der Waals surface area contributed by atoms with Gasteiger partial charge in [0.15, 0.2) is 0 Å². The summed E-state index contributed by atoms with van der Waals surface area (Å²) in [4.78, 5) is 24.4. The number of urea groups is 1. The molecule has 164 valence electrons. The number of hydrogen-bond donors (Lipinski definition) is 4. The summed E-state index contributed by atoms with van der Waals surface area (Å²) in [6.45, 7) is 2.88. The van der Waals surface area contributed by atoms with Crippen molar-refractivity contribution in [1.82, 2.24) is 15.5 Å². The van der Waals surface area contributed by atoms with Crippen molar-refractivity contribution in [1.29, 1.82) is 0 Å². The van der Waals surface area contributed by atoms with Crippen LogP contribution in [0.15, 0.2) is 54.4 Å². The molecule has 2 rings (SSSR count). The van der Waals surface area contributed by atoms with E-state index in [4.69, 9.17) is 5.11 Å². The first-order valence-corrected chi connectivity index (χ1v) is 9.17. The molecule has 1 aliphatic heterocycles. The van der Waals surface area contributed by atoms with Crippen LogP contribution in [-0.4, -0.2) is 48.3 Å². The van der Waals surface area contributed by atoms with Gasteiger partial charge >= 0.3 is 18.2 Å². The summed E-state index contributed by atoms with van der Waals surface area (Å²) in [5.41, 5.74) is 1.83.